The summed E-state index contributed by atoms with van der Waals surface area (Å²) in [5, 5.41) is 10.8. The molecule has 6 nitrogen and oxygen atoms in total. The van der Waals surface area contributed by atoms with E-state index in [1.807, 2.05) is 0 Å². The minimum Gasteiger partial charge on any atom is -0.487 e. The van der Waals surface area contributed by atoms with E-state index in [9.17, 15) is 14.9 Å². The molecular weight excluding hydrogens is 296 g/mol. The Labute approximate surface area is 125 Å². The lowest BCUT2D eigenvalue weighted by Crippen LogP contribution is -2.10. The maximum absolute atomic E-state index is 10.9. The molecule has 7 heteroatoms. The van der Waals surface area contributed by atoms with E-state index in [-0.39, 0.29) is 17.3 Å². The summed E-state index contributed by atoms with van der Waals surface area (Å²) < 4.78 is 5.49. The van der Waals surface area contributed by atoms with Crippen LogP contribution in [0.4, 0.5) is 5.69 Å². The lowest BCUT2D eigenvalue weighted by molar-refractivity contribution is -0.384. The first kappa shape index (κ1) is 14.8. The number of benzene rings is 2. The number of hydrogen-bond donors (Lipinski definition) is 1. The molecule has 0 aliphatic rings. The molecule has 0 aliphatic heterocycles. The number of primary amides is 1. The molecular formula is C14H11ClN2O4. The summed E-state index contributed by atoms with van der Waals surface area (Å²) in [5.74, 6) is -0.151. The third-order valence-corrected chi connectivity index (χ3v) is 3.05. The van der Waals surface area contributed by atoms with Crippen molar-refractivity contribution in [2.24, 2.45) is 5.73 Å². The Morgan fingerprint density at radius 3 is 2.43 bits per heavy atom. The second-order valence-electron chi connectivity index (χ2n) is 4.22. The molecule has 21 heavy (non-hydrogen) atoms. The second kappa shape index (κ2) is 6.23. The number of hydrogen-bond acceptors (Lipinski definition) is 4. The SMILES string of the molecule is NC(=O)c1ccc(COc2ccc([N+](=O)[O-])cc2Cl)cc1. The summed E-state index contributed by atoms with van der Waals surface area (Å²) in [5.41, 5.74) is 6.27. The standard InChI is InChI=1S/C14H11ClN2O4/c15-12-7-11(17(19)20)5-6-13(12)21-8-9-1-3-10(4-2-9)14(16)18/h1-7H,8H2,(H2,16,18). The first-order valence-corrected chi connectivity index (χ1v) is 6.30. The number of rotatable bonds is 5. The number of nitro benzene ring substituents is 1. The van der Waals surface area contributed by atoms with Crippen molar-refractivity contribution in [3.8, 4) is 5.75 Å². The summed E-state index contributed by atoms with van der Waals surface area (Å²) >= 11 is 5.92. The normalized spacial score (nSPS) is 10.1. The number of amides is 1. The molecule has 2 rings (SSSR count). The number of carbonyl (C=O) groups is 1. The monoisotopic (exact) mass is 306 g/mol. The van der Waals surface area contributed by atoms with Gasteiger partial charge in [-0.15, -0.1) is 0 Å². The zero-order valence-electron chi connectivity index (χ0n) is 10.8. The van der Waals surface area contributed by atoms with Crippen LogP contribution >= 0.6 is 11.6 Å². The largest absolute Gasteiger partial charge is 0.487 e. The average molecular weight is 307 g/mol. The third-order valence-electron chi connectivity index (χ3n) is 2.76. The Morgan fingerprint density at radius 2 is 1.90 bits per heavy atom. The summed E-state index contributed by atoms with van der Waals surface area (Å²) in [6.45, 7) is 0.219. The van der Waals surface area contributed by atoms with Crippen molar-refractivity contribution in [3.05, 3.63) is 68.7 Å². The van der Waals surface area contributed by atoms with Gasteiger partial charge in [0.1, 0.15) is 12.4 Å². The van der Waals surface area contributed by atoms with Gasteiger partial charge in [-0.05, 0) is 23.8 Å². The maximum atomic E-state index is 10.9. The Bertz CT molecular complexity index is 686. The van der Waals surface area contributed by atoms with Gasteiger partial charge in [0.05, 0.1) is 9.95 Å². The van der Waals surface area contributed by atoms with E-state index >= 15 is 0 Å². The quantitative estimate of drug-likeness (QED) is 0.678. The van der Waals surface area contributed by atoms with Gasteiger partial charge < -0.3 is 10.5 Å². The van der Waals surface area contributed by atoms with Gasteiger partial charge in [0.25, 0.3) is 5.69 Å². The molecule has 2 aromatic rings. The van der Waals surface area contributed by atoms with Crippen LogP contribution in [-0.2, 0) is 6.61 Å². The number of non-ortho nitro benzene ring substituents is 1. The number of nitrogens with zero attached hydrogens (tertiary/aromatic N) is 1. The molecule has 2 aromatic carbocycles. The average Bonchev–Trinajstić information content (AvgIpc) is 2.46. The predicted molar refractivity (Wildman–Crippen MR) is 77.4 cm³/mol. The van der Waals surface area contributed by atoms with Gasteiger partial charge in [-0.25, -0.2) is 0 Å². The molecule has 0 spiro atoms. The minimum absolute atomic E-state index is 0.0989. The Morgan fingerprint density at radius 1 is 1.24 bits per heavy atom. The van der Waals surface area contributed by atoms with Gasteiger partial charge in [-0.2, -0.15) is 0 Å². The number of carbonyl (C=O) groups excluding carboxylic acids is 1. The van der Waals surface area contributed by atoms with Gasteiger partial charge in [0.2, 0.25) is 5.91 Å². The predicted octanol–water partition coefficient (Wildman–Crippen LogP) is 2.93. The Hall–Kier alpha value is -2.60. The van der Waals surface area contributed by atoms with Crippen molar-refractivity contribution < 1.29 is 14.5 Å². The molecule has 0 unspecified atom stereocenters. The topological polar surface area (TPSA) is 95.5 Å². The molecule has 1 amide bonds. The van der Waals surface area contributed by atoms with Crippen LogP contribution in [0.15, 0.2) is 42.5 Å². The fourth-order valence-corrected chi connectivity index (χ4v) is 1.88. The molecule has 108 valence electrons. The lowest BCUT2D eigenvalue weighted by atomic mass is 10.1. The molecule has 0 saturated heterocycles. The number of nitro groups is 1. The van der Waals surface area contributed by atoms with E-state index < -0.39 is 10.8 Å². The highest BCUT2D eigenvalue weighted by Gasteiger charge is 2.10. The Kier molecular flexibility index (Phi) is 4.39. The zero-order chi connectivity index (χ0) is 15.4. The van der Waals surface area contributed by atoms with E-state index in [2.05, 4.69) is 0 Å². The number of nitrogens with two attached hydrogens (primary N) is 1. The van der Waals surface area contributed by atoms with Crippen LogP contribution in [0.1, 0.15) is 15.9 Å². The van der Waals surface area contributed by atoms with Crippen LogP contribution in [0, 0.1) is 10.1 Å². The molecule has 0 aromatic heterocycles. The third kappa shape index (κ3) is 3.70. The highest BCUT2D eigenvalue weighted by molar-refractivity contribution is 6.32. The van der Waals surface area contributed by atoms with Crippen LogP contribution in [0.3, 0.4) is 0 Å². The molecule has 0 saturated carbocycles. The van der Waals surface area contributed by atoms with Crippen molar-refractivity contribution in [1.82, 2.24) is 0 Å². The highest BCUT2D eigenvalue weighted by atomic mass is 35.5. The second-order valence-corrected chi connectivity index (χ2v) is 4.63. The fourth-order valence-electron chi connectivity index (χ4n) is 1.65. The molecule has 0 fully saturated rings. The van der Waals surface area contributed by atoms with E-state index in [1.165, 1.54) is 18.2 Å². The van der Waals surface area contributed by atoms with Crippen LogP contribution in [0.5, 0.6) is 5.75 Å². The molecule has 0 heterocycles. The van der Waals surface area contributed by atoms with E-state index in [4.69, 9.17) is 22.1 Å². The van der Waals surface area contributed by atoms with Crippen molar-refractivity contribution in [1.29, 1.82) is 0 Å². The number of ether oxygens (including phenoxy) is 1. The van der Waals surface area contributed by atoms with E-state index in [0.29, 0.717) is 11.3 Å². The Balaban J connectivity index is 2.06. The van der Waals surface area contributed by atoms with Crippen molar-refractivity contribution in [3.63, 3.8) is 0 Å². The van der Waals surface area contributed by atoms with Crippen LogP contribution in [0.25, 0.3) is 0 Å². The molecule has 0 bridgehead atoms. The van der Waals surface area contributed by atoms with E-state index in [0.717, 1.165) is 5.56 Å². The first-order valence-electron chi connectivity index (χ1n) is 5.93. The molecule has 0 radical (unpaired) electrons. The van der Waals surface area contributed by atoms with Crippen LogP contribution in [0.2, 0.25) is 5.02 Å². The summed E-state index contributed by atoms with van der Waals surface area (Å²) in [6, 6.07) is 10.6. The molecule has 0 aliphatic carbocycles. The van der Waals surface area contributed by atoms with Crippen LogP contribution in [-0.4, -0.2) is 10.8 Å². The summed E-state index contributed by atoms with van der Waals surface area (Å²) in [4.78, 5) is 21.0. The van der Waals surface area contributed by atoms with Gasteiger partial charge in [-0.1, -0.05) is 23.7 Å². The smallest absolute Gasteiger partial charge is 0.271 e. The van der Waals surface area contributed by atoms with Crippen LogP contribution < -0.4 is 10.5 Å². The summed E-state index contributed by atoms with van der Waals surface area (Å²) in [6.07, 6.45) is 0. The van der Waals surface area contributed by atoms with Gasteiger partial charge in [-0.3, -0.25) is 14.9 Å². The summed E-state index contributed by atoms with van der Waals surface area (Å²) in [7, 11) is 0. The fraction of sp³-hybridized carbons (Fsp3) is 0.0714. The van der Waals surface area contributed by atoms with E-state index in [1.54, 1.807) is 24.3 Å². The highest BCUT2D eigenvalue weighted by Crippen LogP contribution is 2.29. The molecule has 0 atom stereocenters. The maximum Gasteiger partial charge on any atom is 0.271 e. The van der Waals surface area contributed by atoms with Crippen molar-refractivity contribution >= 4 is 23.2 Å². The van der Waals surface area contributed by atoms with Gasteiger partial charge in [0, 0.05) is 17.7 Å². The first-order chi connectivity index (χ1) is 9.97. The molecule has 2 N–H and O–H groups in total. The lowest BCUT2D eigenvalue weighted by Gasteiger charge is -2.08. The zero-order valence-corrected chi connectivity index (χ0v) is 11.5. The van der Waals surface area contributed by atoms with Gasteiger partial charge in [0.15, 0.2) is 0 Å². The van der Waals surface area contributed by atoms with Gasteiger partial charge >= 0.3 is 0 Å². The van der Waals surface area contributed by atoms with Crippen molar-refractivity contribution in [2.45, 2.75) is 6.61 Å². The van der Waals surface area contributed by atoms with Crippen molar-refractivity contribution in [2.75, 3.05) is 0 Å². The number of halogens is 1. The minimum atomic E-state index is -0.530.